The molecule has 146 valence electrons. The molecule has 1 amide bonds. The van der Waals surface area contributed by atoms with Gasteiger partial charge in [0, 0.05) is 5.02 Å². The average molecular weight is 479 g/mol. The third-order valence-corrected chi connectivity index (χ3v) is 8.57. The third-order valence-electron chi connectivity index (χ3n) is 4.51. The molecule has 2 unspecified atom stereocenters. The number of carbonyl (C=O) groups excluding carboxylic acids is 1. The Bertz CT molecular complexity index is 1180. The van der Waals surface area contributed by atoms with Crippen molar-refractivity contribution in [3.8, 4) is 0 Å². The molecular weight excluding hydrogens is 467 g/mol. The van der Waals surface area contributed by atoms with Gasteiger partial charge in [0.15, 0.2) is 4.34 Å². The molecule has 0 spiro atoms. The number of alkyl halides is 1. The zero-order chi connectivity index (χ0) is 20.0. The van der Waals surface area contributed by atoms with Crippen LogP contribution in [0.2, 0.25) is 5.02 Å². The summed E-state index contributed by atoms with van der Waals surface area (Å²) < 4.78 is 2.15. The third kappa shape index (κ3) is 3.53. The Hall–Kier alpha value is -1.71. The van der Waals surface area contributed by atoms with Gasteiger partial charge in [0.2, 0.25) is 11.0 Å². The Kier molecular flexibility index (Phi) is 5.21. The van der Waals surface area contributed by atoms with Gasteiger partial charge in [-0.2, -0.15) is 0 Å². The summed E-state index contributed by atoms with van der Waals surface area (Å²) in [4.78, 5) is 18.6. The molecular formula is C19H12Cl2N4OS3. The number of nitrogens with zero attached hydrogens (tertiary/aromatic N) is 4. The molecule has 1 saturated heterocycles. The minimum atomic E-state index is -0.653. The number of rotatable bonds is 5. The number of amides is 1. The van der Waals surface area contributed by atoms with Crippen LogP contribution >= 0.6 is 57.6 Å². The van der Waals surface area contributed by atoms with Crippen LogP contribution in [-0.2, 0) is 10.5 Å². The summed E-state index contributed by atoms with van der Waals surface area (Å²) in [6.45, 7) is 0. The molecule has 1 aliphatic heterocycles. The van der Waals surface area contributed by atoms with Gasteiger partial charge in [-0.15, -0.1) is 33.1 Å². The number of aromatic nitrogens is 3. The van der Waals surface area contributed by atoms with Crippen LogP contribution in [0.25, 0.3) is 10.2 Å². The van der Waals surface area contributed by atoms with E-state index in [1.165, 1.54) is 11.3 Å². The maximum absolute atomic E-state index is 12.4. The molecule has 10 heteroatoms. The van der Waals surface area contributed by atoms with Gasteiger partial charge < -0.3 is 0 Å². The first kappa shape index (κ1) is 19.3. The lowest BCUT2D eigenvalue weighted by atomic mass is 9.94. The molecule has 0 bridgehead atoms. The van der Waals surface area contributed by atoms with Gasteiger partial charge >= 0.3 is 0 Å². The normalized spacial score (nSPS) is 19.0. The lowest BCUT2D eigenvalue weighted by molar-refractivity contribution is -0.123. The summed E-state index contributed by atoms with van der Waals surface area (Å²) in [6, 6.07) is 15.1. The van der Waals surface area contributed by atoms with Gasteiger partial charge in [-0.3, -0.25) is 9.69 Å². The van der Waals surface area contributed by atoms with E-state index in [-0.39, 0.29) is 11.9 Å². The number of para-hydroxylation sites is 1. The Labute approximate surface area is 188 Å². The van der Waals surface area contributed by atoms with Gasteiger partial charge in [-0.25, -0.2) is 4.98 Å². The zero-order valence-electron chi connectivity index (χ0n) is 14.7. The van der Waals surface area contributed by atoms with Crippen LogP contribution in [0.5, 0.6) is 0 Å². The molecule has 0 N–H and O–H groups in total. The molecule has 3 heterocycles. The first-order chi connectivity index (χ1) is 14.1. The van der Waals surface area contributed by atoms with Crippen LogP contribution in [0.15, 0.2) is 52.9 Å². The Morgan fingerprint density at radius 1 is 1.07 bits per heavy atom. The van der Waals surface area contributed by atoms with Crippen molar-refractivity contribution in [2.75, 3.05) is 4.90 Å². The summed E-state index contributed by atoms with van der Waals surface area (Å²) in [6.07, 6.45) is 0. The maximum Gasteiger partial charge on any atom is 0.250 e. The first-order valence-electron chi connectivity index (χ1n) is 8.64. The maximum atomic E-state index is 12.4. The number of anilines is 1. The minimum Gasteiger partial charge on any atom is -0.276 e. The number of hydrogen-bond donors (Lipinski definition) is 0. The fraction of sp³-hybridized carbons (Fsp3) is 0.158. The van der Waals surface area contributed by atoms with E-state index < -0.39 is 5.38 Å². The van der Waals surface area contributed by atoms with E-state index in [0.717, 1.165) is 25.1 Å². The Balaban J connectivity index is 1.33. The van der Waals surface area contributed by atoms with E-state index in [0.29, 0.717) is 15.9 Å². The molecule has 29 heavy (non-hydrogen) atoms. The van der Waals surface area contributed by atoms with Gasteiger partial charge in [-0.05, 0) is 23.8 Å². The van der Waals surface area contributed by atoms with Crippen LogP contribution < -0.4 is 4.90 Å². The van der Waals surface area contributed by atoms with E-state index in [1.54, 1.807) is 34.1 Å². The lowest BCUT2D eigenvalue weighted by Gasteiger charge is -2.42. The smallest absolute Gasteiger partial charge is 0.250 e. The predicted molar refractivity (Wildman–Crippen MR) is 120 cm³/mol. The quantitative estimate of drug-likeness (QED) is 0.206. The molecule has 4 aromatic rings. The number of benzene rings is 2. The fourth-order valence-electron chi connectivity index (χ4n) is 3.12. The second kappa shape index (κ2) is 7.85. The number of thiazole rings is 1. The number of carbonyl (C=O) groups is 1. The predicted octanol–water partition coefficient (Wildman–Crippen LogP) is 5.79. The van der Waals surface area contributed by atoms with Crippen molar-refractivity contribution < 1.29 is 4.79 Å². The van der Waals surface area contributed by atoms with Crippen molar-refractivity contribution in [2.24, 2.45) is 0 Å². The van der Waals surface area contributed by atoms with Crippen molar-refractivity contribution in [1.29, 1.82) is 0 Å². The first-order valence-corrected chi connectivity index (χ1v) is 12.1. The summed E-state index contributed by atoms with van der Waals surface area (Å²) >= 11 is 17.3. The lowest BCUT2D eigenvalue weighted by Crippen LogP contribution is -2.56. The Morgan fingerprint density at radius 3 is 2.69 bits per heavy atom. The highest BCUT2D eigenvalue weighted by molar-refractivity contribution is 8.00. The Morgan fingerprint density at radius 2 is 1.86 bits per heavy atom. The molecule has 0 aliphatic carbocycles. The van der Waals surface area contributed by atoms with Crippen LogP contribution in [0.1, 0.15) is 16.6 Å². The van der Waals surface area contributed by atoms with E-state index in [2.05, 4.69) is 21.2 Å². The summed E-state index contributed by atoms with van der Waals surface area (Å²) in [5.74, 6) is 0.457. The number of fused-ring (bicyclic) bond motifs is 1. The average Bonchev–Trinajstić information content (AvgIpc) is 3.36. The highest BCUT2D eigenvalue weighted by Gasteiger charge is 2.50. The number of β-lactam (4-membered cyclic amide) rings is 1. The highest BCUT2D eigenvalue weighted by Crippen LogP contribution is 2.45. The topological polar surface area (TPSA) is 59.0 Å². The molecule has 1 fully saturated rings. The molecule has 0 radical (unpaired) electrons. The van der Waals surface area contributed by atoms with E-state index in [4.69, 9.17) is 23.2 Å². The van der Waals surface area contributed by atoms with Crippen molar-refractivity contribution in [1.82, 2.24) is 15.2 Å². The second-order valence-electron chi connectivity index (χ2n) is 6.29. The molecule has 2 aromatic carbocycles. The summed E-state index contributed by atoms with van der Waals surface area (Å²) in [5, 5.41) is 9.77. The molecule has 2 atom stereocenters. The summed E-state index contributed by atoms with van der Waals surface area (Å²) in [7, 11) is 0. The molecule has 0 saturated carbocycles. The van der Waals surface area contributed by atoms with Gasteiger partial charge in [-0.1, -0.05) is 65.0 Å². The minimum absolute atomic E-state index is 0.182. The standard InChI is InChI=1S/C19H12Cl2N4OS3/c20-11-6-2-1-5-10(11)16-15(21)17(26)25(16)18-24-23-14(29-18)9-27-19-22-12-7-3-4-8-13(12)28-19/h1-8,15-16H,9H2. The van der Waals surface area contributed by atoms with Crippen LogP contribution in [-0.4, -0.2) is 26.5 Å². The largest absolute Gasteiger partial charge is 0.276 e. The van der Waals surface area contributed by atoms with Crippen LogP contribution in [0.4, 0.5) is 5.13 Å². The van der Waals surface area contributed by atoms with Crippen molar-refractivity contribution >= 4 is 78.9 Å². The number of halogens is 2. The molecule has 1 aliphatic rings. The molecule has 2 aromatic heterocycles. The highest BCUT2D eigenvalue weighted by atomic mass is 35.5. The van der Waals surface area contributed by atoms with Gasteiger partial charge in [0.25, 0.3) is 0 Å². The van der Waals surface area contributed by atoms with Gasteiger partial charge in [0.05, 0.1) is 22.0 Å². The number of thioether (sulfide) groups is 1. The van der Waals surface area contributed by atoms with Crippen molar-refractivity contribution in [3.63, 3.8) is 0 Å². The van der Waals surface area contributed by atoms with E-state index in [9.17, 15) is 4.79 Å². The van der Waals surface area contributed by atoms with E-state index in [1.807, 2.05) is 36.4 Å². The van der Waals surface area contributed by atoms with Gasteiger partial charge in [0.1, 0.15) is 10.4 Å². The summed E-state index contributed by atoms with van der Waals surface area (Å²) in [5.41, 5.74) is 1.81. The van der Waals surface area contributed by atoms with E-state index >= 15 is 0 Å². The van der Waals surface area contributed by atoms with Crippen molar-refractivity contribution in [3.05, 3.63) is 64.1 Å². The fourth-order valence-corrected chi connectivity index (χ4v) is 6.65. The van der Waals surface area contributed by atoms with Crippen LogP contribution in [0.3, 0.4) is 0 Å². The number of hydrogen-bond acceptors (Lipinski definition) is 7. The monoisotopic (exact) mass is 478 g/mol. The molecule has 5 rings (SSSR count). The van der Waals surface area contributed by atoms with Crippen molar-refractivity contribution in [2.45, 2.75) is 21.5 Å². The molecule has 5 nitrogen and oxygen atoms in total. The van der Waals surface area contributed by atoms with Crippen LogP contribution in [0, 0.1) is 0 Å². The second-order valence-corrected chi connectivity index (χ2v) is 10.5. The SMILES string of the molecule is O=C1C(Cl)C(c2ccccc2Cl)N1c1nnc(CSc2nc3ccccc3s2)s1. The zero-order valence-corrected chi connectivity index (χ0v) is 18.6.